The lowest BCUT2D eigenvalue weighted by Crippen LogP contribution is -2.55. The highest BCUT2D eigenvalue weighted by molar-refractivity contribution is 5.97. The molecular weight excluding hydrogens is 454 g/mol. The van der Waals surface area contributed by atoms with Crippen molar-refractivity contribution >= 4 is 22.7 Å². The van der Waals surface area contributed by atoms with Crippen LogP contribution in [0.4, 0.5) is 8.78 Å². The highest BCUT2D eigenvalue weighted by Gasteiger charge is 2.33. The van der Waals surface area contributed by atoms with Gasteiger partial charge in [0.15, 0.2) is 0 Å². The number of carbonyl (C=O) groups is 2. The molecule has 2 aliphatic rings. The van der Waals surface area contributed by atoms with E-state index >= 15 is 0 Å². The number of amides is 2. The van der Waals surface area contributed by atoms with E-state index in [0.717, 1.165) is 37.9 Å². The van der Waals surface area contributed by atoms with Crippen LogP contribution < -0.4 is 5.43 Å². The summed E-state index contributed by atoms with van der Waals surface area (Å²) < 4.78 is 29.8. The summed E-state index contributed by atoms with van der Waals surface area (Å²) in [5.41, 5.74) is 0.504. The summed E-state index contributed by atoms with van der Waals surface area (Å²) in [6, 6.07) is 8.29. The van der Waals surface area contributed by atoms with E-state index in [4.69, 9.17) is 0 Å². The van der Waals surface area contributed by atoms with E-state index in [0.29, 0.717) is 24.2 Å². The molecule has 35 heavy (non-hydrogen) atoms. The molecule has 3 aromatic rings. The Morgan fingerprint density at radius 2 is 1.80 bits per heavy atom. The average molecular weight is 481 g/mol. The van der Waals surface area contributed by atoms with Crippen LogP contribution in [-0.4, -0.2) is 57.1 Å². The molecule has 0 bridgehead atoms. The molecule has 0 atom stereocenters. The van der Waals surface area contributed by atoms with Crippen LogP contribution in [0.5, 0.6) is 0 Å². The number of carbonyl (C=O) groups excluding carboxylic acids is 2. The minimum Gasteiger partial charge on any atom is -0.336 e. The molecule has 2 aromatic carbocycles. The lowest BCUT2D eigenvalue weighted by Gasteiger charge is -2.40. The van der Waals surface area contributed by atoms with Gasteiger partial charge in [-0.2, -0.15) is 5.10 Å². The summed E-state index contributed by atoms with van der Waals surface area (Å²) in [6.07, 6.45) is 6.52. The van der Waals surface area contributed by atoms with Gasteiger partial charge in [0.1, 0.15) is 18.2 Å². The van der Waals surface area contributed by atoms with E-state index in [2.05, 4.69) is 5.10 Å². The molecule has 7 nitrogen and oxygen atoms in total. The van der Waals surface area contributed by atoms with Crippen LogP contribution in [0.15, 0.2) is 47.4 Å². The molecule has 5 rings (SSSR count). The lowest BCUT2D eigenvalue weighted by molar-refractivity contribution is -0.138. The molecule has 0 N–H and O–H groups in total. The van der Waals surface area contributed by atoms with Crippen molar-refractivity contribution in [2.45, 2.75) is 44.7 Å². The Balaban J connectivity index is 1.35. The number of hydrogen-bond acceptors (Lipinski definition) is 4. The highest BCUT2D eigenvalue weighted by atomic mass is 19.1. The lowest BCUT2D eigenvalue weighted by atomic mass is 9.93. The van der Waals surface area contributed by atoms with Gasteiger partial charge in [0, 0.05) is 19.1 Å². The van der Waals surface area contributed by atoms with Crippen LogP contribution in [0.1, 0.15) is 48.0 Å². The Hall–Kier alpha value is -3.62. The number of halogens is 2. The second-order valence-corrected chi connectivity index (χ2v) is 9.25. The van der Waals surface area contributed by atoms with Gasteiger partial charge in [-0.3, -0.25) is 19.1 Å². The predicted octanol–water partition coefficient (Wildman–Crippen LogP) is 3.34. The smallest absolute Gasteiger partial charge is 0.257 e. The molecule has 1 saturated carbocycles. The maximum absolute atomic E-state index is 14.7. The number of benzene rings is 2. The molecule has 182 valence electrons. The maximum atomic E-state index is 14.7. The Morgan fingerprint density at radius 1 is 1.00 bits per heavy atom. The first-order chi connectivity index (χ1) is 16.9. The third-order valence-corrected chi connectivity index (χ3v) is 6.97. The van der Waals surface area contributed by atoms with Crippen molar-refractivity contribution in [2.24, 2.45) is 0 Å². The molecule has 1 aliphatic heterocycles. The third kappa shape index (κ3) is 4.67. The van der Waals surface area contributed by atoms with Crippen molar-refractivity contribution in [1.29, 1.82) is 0 Å². The number of nitrogens with zero attached hydrogens (tertiary/aromatic N) is 4. The van der Waals surface area contributed by atoms with Crippen LogP contribution >= 0.6 is 0 Å². The maximum Gasteiger partial charge on any atom is 0.257 e. The number of piperazine rings is 1. The molecule has 2 amide bonds. The molecule has 9 heteroatoms. The minimum absolute atomic E-state index is 0.0591. The second kappa shape index (κ2) is 9.56. The second-order valence-electron chi connectivity index (χ2n) is 9.25. The SMILES string of the molecule is O=C(c1cc(Cn2ncc(=O)c3cc(F)ccc32)ccc1F)N1CCN(C2CCCCC2)C(=O)C1. The normalized spacial score (nSPS) is 17.3. The summed E-state index contributed by atoms with van der Waals surface area (Å²) in [7, 11) is 0. The number of hydrogen-bond donors (Lipinski definition) is 0. The molecule has 0 spiro atoms. The summed E-state index contributed by atoms with van der Waals surface area (Å²) in [5.74, 6) is -1.81. The van der Waals surface area contributed by atoms with Gasteiger partial charge in [-0.1, -0.05) is 25.3 Å². The molecule has 0 unspecified atom stereocenters. The molecule has 2 heterocycles. The highest BCUT2D eigenvalue weighted by Crippen LogP contribution is 2.25. The van der Waals surface area contributed by atoms with Gasteiger partial charge in [0.05, 0.1) is 29.2 Å². The van der Waals surface area contributed by atoms with Gasteiger partial charge in [-0.05, 0) is 48.7 Å². The fourth-order valence-electron chi connectivity index (χ4n) is 5.13. The number of fused-ring (bicyclic) bond motifs is 1. The molecule has 2 fully saturated rings. The molecule has 0 radical (unpaired) electrons. The first-order valence-corrected chi connectivity index (χ1v) is 11.9. The van der Waals surface area contributed by atoms with Crippen molar-refractivity contribution in [2.75, 3.05) is 19.6 Å². The van der Waals surface area contributed by atoms with E-state index in [1.54, 1.807) is 0 Å². The van der Waals surface area contributed by atoms with Crippen LogP contribution in [-0.2, 0) is 11.3 Å². The van der Waals surface area contributed by atoms with E-state index in [-0.39, 0.29) is 36.0 Å². The Morgan fingerprint density at radius 3 is 2.57 bits per heavy atom. The minimum atomic E-state index is -0.666. The first-order valence-electron chi connectivity index (χ1n) is 11.9. The quantitative estimate of drug-likeness (QED) is 0.574. The summed E-state index contributed by atoms with van der Waals surface area (Å²) in [4.78, 5) is 41.3. The Kier molecular flexibility index (Phi) is 6.32. The van der Waals surface area contributed by atoms with Gasteiger partial charge in [0.2, 0.25) is 11.3 Å². The van der Waals surface area contributed by atoms with Crippen molar-refractivity contribution < 1.29 is 18.4 Å². The molecule has 1 aliphatic carbocycles. The predicted molar refractivity (Wildman–Crippen MR) is 126 cm³/mol. The van der Waals surface area contributed by atoms with Crippen LogP contribution in [0, 0.1) is 11.6 Å². The molecular formula is C26H26F2N4O3. The van der Waals surface area contributed by atoms with Crippen molar-refractivity contribution in [3.63, 3.8) is 0 Å². The molecule has 1 saturated heterocycles. The monoisotopic (exact) mass is 480 g/mol. The summed E-state index contributed by atoms with van der Waals surface area (Å²) >= 11 is 0. The zero-order valence-corrected chi connectivity index (χ0v) is 19.3. The van der Waals surface area contributed by atoms with Gasteiger partial charge in [-0.25, -0.2) is 8.78 Å². The largest absolute Gasteiger partial charge is 0.336 e. The zero-order chi connectivity index (χ0) is 24.5. The fraction of sp³-hybridized carbons (Fsp3) is 0.385. The van der Waals surface area contributed by atoms with Crippen LogP contribution in [0.2, 0.25) is 0 Å². The van der Waals surface area contributed by atoms with Crippen molar-refractivity contribution in [1.82, 2.24) is 19.6 Å². The topological polar surface area (TPSA) is 75.5 Å². The van der Waals surface area contributed by atoms with Gasteiger partial charge < -0.3 is 9.80 Å². The molecule has 1 aromatic heterocycles. The Bertz CT molecular complexity index is 1350. The van der Waals surface area contributed by atoms with Gasteiger partial charge >= 0.3 is 0 Å². The number of rotatable bonds is 4. The summed E-state index contributed by atoms with van der Waals surface area (Å²) in [5, 5.41) is 4.31. The number of aromatic nitrogens is 2. The van der Waals surface area contributed by atoms with E-state index in [1.165, 1.54) is 46.3 Å². The summed E-state index contributed by atoms with van der Waals surface area (Å²) in [6.45, 7) is 0.913. The zero-order valence-electron chi connectivity index (χ0n) is 19.3. The van der Waals surface area contributed by atoms with E-state index < -0.39 is 23.0 Å². The van der Waals surface area contributed by atoms with Gasteiger partial charge in [0.25, 0.3) is 5.91 Å². The van der Waals surface area contributed by atoms with Crippen molar-refractivity contribution in [3.8, 4) is 0 Å². The van der Waals surface area contributed by atoms with E-state index in [1.807, 2.05) is 4.90 Å². The third-order valence-electron chi connectivity index (χ3n) is 6.97. The fourth-order valence-corrected chi connectivity index (χ4v) is 5.13. The average Bonchev–Trinajstić information content (AvgIpc) is 2.87. The van der Waals surface area contributed by atoms with Crippen molar-refractivity contribution in [3.05, 3.63) is 75.6 Å². The van der Waals surface area contributed by atoms with Crippen LogP contribution in [0.3, 0.4) is 0 Å². The standard InChI is InChI=1S/C26H26F2N4O3/c27-18-7-9-23-21(13-18)24(33)14-29-32(23)15-17-6-8-22(28)20(12-17)26(35)30-10-11-31(25(34)16-30)19-4-2-1-3-5-19/h6-9,12-14,19H,1-5,10-11,15-16H2. The first kappa shape index (κ1) is 23.1. The van der Waals surface area contributed by atoms with E-state index in [9.17, 15) is 23.2 Å². The Labute approximate surface area is 200 Å². The van der Waals surface area contributed by atoms with Gasteiger partial charge in [-0.15, -0.1) is 0 Å². The van der Waals surface area contributed by atoms with Crippen LogP contribution in [0.25, 0.3) is 10.9 Å².